The van der Waals surface area contributed by atoms with Crippen molar-refractivity contribution in [3.05, 3.63) is 12.7 Å². The van der Waals surface area contributed by atoms with Crippen LogP contribution in [0, 0.1) is 0 Å². The van der Waals surface area contributed by atoms with Gasteiger partial charge in [-0.2, -0.15) is 0 Å². The van der Waals surface area contributed by atoms with Gasteiger partial charge < -0.3 is 14.6 Å². The predicted molar refractivity (Wildman–Crippen MR) is 47.9 cm³/mol. The van der Waals surface area contributed by atoms with E-state index >= 15 is 0 Å². The summed E-state index contributed by atoms with van der Waals surface area (Å²) in [7, 11) is 1.58. The van der Waals surface area contributed by atoms with Gasteiger partial charge in [-0.3, -0.25) is 0 Å². The lowest BCUT2D eigenvalue weighted by Gasteiger charge is -2.13. The summed E-state index contributed by atoms with van der Waals surface area (Å²) in [6, 6.07) is 0. The van der Waals surface area contributed by atoms with Crippen molar-refractivity contribution >= 4 is 0 Å². The summed E-state index contributed by atoms with van der Waals surface area (Å²) in [5.74, 6) is 0. The monoisotopic (exact) mass is 174 g/mol. The standard InChI is InChI=1S/C9H18O3/c1-4-9(12-7-11-3)6-5-8(2)10/h4,8-10H,1,5-7H2,2-3H3/t8-,9+/m1/s1. The minimum Gasteiger partial charge on any atom is -0.393 e. The molecular formula is C9H18O3. The maximum atomic E-state index is 9.00. The summed E-state index contributed by atoms with van der Waals surface area (Å²) in [5.41, 5.74) is 0. The molecule has 1 N–H and O–H groups in total. The van der Waals surface area contributed by atoms with E-state index in [9.17, 15) is 0 Å². The second-order valence-corrected chi connectivity index (χ2v) is 2.77. The van der Waals surface area contributed by atoms with Gasteiger partial charge in [0.1, 0.15) is 6.79 Å². The fraction of sp³-hybridized carbons (Fsp3) is 0.778. The average Bonchev–Trinajstić information content (AvgIpc) is 2.05. The van der Waals surface area contributed by atoms with Crippen molar-refractivity contribution in [2.75, 3.05) is 13.9 Å². The zero-order chi connectivity index (χ0) is 9.40. The van der Waals surface area contributed by atoms with E-state index in [0.29, 0.717) is 0 Å². The summed E-state index contributed by atoms with van der Waals surface area (Å²) in [6.45, 7) is 5.66. The van der Waals surface area contributed by atoms with Gasteiger partial charge in [-0.15, -0.1) is 6.58 Å². The molecule has 3 nitrogen and oxygen atoms in total. The Morgan fingerprint density at radius 2 is 2.17 bits per heavy atom. The highest BCUT2D eigenvalue weighted by molar-refractivity contribution is 4.79. The molecule has 0 saturated heterocycles. The molecule has 0 heterocycles. The summed E-state index contributed by atoms with van der Waals surface area (Å²) >= 11 is 0. The zero-order valence-corrected chi connectivity index (χ0v) is 7.82. The molecule has 0 spiro atoms. The van der Waals surface area contributed by atoms with Crippen LogP contribution in [0.15, 0.2) is 12.7 Å². The van der Waals surface area contributed by atoms with Gasteiger partial charge >= 0.3 is 0 Å². The van der Waals surface area contributed by atoms with Gasteiger partial charge in [0.05, 0.1) is 12.2 Å². The summed E-state index contributed by atoms with van der Waals surface area (Å²) in [5, 5.41) is 9.00. The van der Waals surface area contributed by atoms with Crippen LogP contribution < -0.4 is 0 Å². The molecular weight excluding hydrogens is 156 g/mol. The van der Waals surface area contributed by atoms with Crippen LogP contribution >= 0.6 is 0 Å². The number of hydrogen-bond acceptors (Lipinski definition) is 3. The van der Waals surface area contributed by atoms with Gasteiger partial charge in [0.15, 0.2) is 0 Å². The molecule has 12 heavy (non-hydrogen) atoms. The van der Waals surface area contributed by atoms with Gasteiger partial charge in [-0.1, -0.05) is 6.08 Å². The number of aliphatic hydroxyl groups excluding tert-OH is 1. The maximum Gasteiger partial charge on any atom is 0.147 e. The van der Waals surface area contributed by atoms with Crippen LogP contribution in [0.2, 0.25) is 0 Å². The summed E-state index contributed by atoms with van der Waals surface area (Å²) in [4.78, 5) is 0. The van der Waals surface area contributed by atoms with Gasteiger partial charge in [0.2, 0.25) is 0 Å². The first-order valence-corrected chi connectivity index (χ1v) is 4.11. The lowest BCUT2D eigenvalue weighted by molar-refractivity contribution is -0.0599. The van der Waals surface area contributed by atoms with Crippen molar-refractivity contribution < 1.29 is 14.6 Å². The van der Waals surface area contributed by atoms with Gasteiger partial charge in [-0.05, 0) is 19.8 Å². The molecule has 0 aliphatic rings. The topological polar surface area (TPSA) is 38.7 Å². The third-order valence-corrected chi connectivity index (χ3v) is 1.53. The van der Waals surface area contributed by atoms with Crippen LogP contribution in [0.4, 0.5) is 0 Å². The van der Waals surface area contributed by atoms with E-state index in [1.807, 2.05) is 0 Å². The van der Waals surface area contributed by atoms with Crippen molar-refractivity contribution in [3.8, 4) is 0 Å². The molecule has 0 saturated carbocycles. The summed E-state index contributed by atoms with van der Waals surface area (Å²) in [6.07, 6.45) is 2.94. The second kappa shape index (κ2) is 7.28. The van der Waals surface area contributed by atoms with Crippen molar-refractivity contribution in [1.82, 2.24) is 0 Å². The molecule has 72 valence electrons. The Kier molecular flexibility index (Phi) is 7.05. The van der Waals surface area contributed by atoms with Crippen LogP contribution in [0.3, 0.4) is 0 Å². The molecule has 0 bridgehead atoms. The first-order chi connectivity index (χ1) is 5.70. The van der Waals surface area contributed by atoms with Crippen LogP contribution in [0.25, 0.3) is 0 Å². The summed E-state index contributed by atoms with van der Waals surface area (Å²) < 4.78 is 9.99. The van der Waals surface area contributed by atoms with Crippen molar-refractivity contribution in [2.24, 2.45) is 0 Å². The van der Waals surface area contributed by atoms with Crippen LogP contribution in [0.1, 0.15) is 19.8 Å². The predicted octanol–water partition coefficient (Wildman–Crippen LogP) is 1.32. The normalized spacial score (nSPS) is 15.6. The highest BCUT2D eigenvalue weighted by Gasteiger charge is 2.05. The number of aliphatic hydroxyl groups is 1. The van der Waals surface area contributed by atoms with Crippen molar-refractivity contribution in [1.29, 1.82) is 0 Å². The third-order valence-electron chi connectivity index (χ3n) is 1.53. The molecule has 0 aromatic heterocycles. The molecule has 0 aliphatic carbocycles. The Labute approximate surface area is 74.0 Å². The second-order valence-electron chi connectivity index (χ2n) is 2.77. The first-order valence-electron chi connectivity index (χ1n) is 4.11. The van der Waals surface area contributed by atoms with Gasteiger partial charge in [-0.25, -0.2) is 0 Å². The van der Waals surface area contributed by atoms with Crippen LogP contribution in [-0.2, 0) is 9.47 Å². The lowest BCUT2D eigenvalue weighted by Crippen LogP contribution is -2.14. The molecule has 0 amide bonds. The van der Waals surface area contributed by atoms with E-state index < -0.39 is 0 Å². The highest BCUT2D eigenvalue weighted by Crippen LogP contribution is 2.05. The Morgan fingerprint density at radius 3 is 2.58 bits per heavy atom. The minimum atomic E-state index is -0.279. The molecule has 0 rings (SSSR count). The molecule has 3 heteroatoms. The Hall–Kier alpha value is -0.380. The molecule has 0 aliphatic heterocycles. The minimum absolute atomic E-state index is 0.0143. The third kappa shape index (κ3) is 6.34. The fourth-order valence-electron chi connectivity index (χ4n) is 0.830. The highest BCUT2D eigenvalue weighted by atomic mass is 16.7. The number of rotatable bonds is 7. The van der Waals surface area contributed by atoms with E-state index in [-0.39, 0.29) is 19.0 Å². The number of methoxy groups -OCH3 is 1. The van der Waals surface area contributed by atoms with E-state index in [4.69, 9.17) is 14.6 Å². The molecule has 0 aromatic carbocycles. The molecule has 0 aromatic rings. The average molecular weight is 174 g/mol. The van der Waals surface area contributed by atoms with E-state index in [0.717, 1.165) is 12.8 Å². The molecule has 0 unspecified atom stereocenters. The van der Waals surface area contributed by atoms with Crippen LogP contribution in [0.5, 0.6) is 0 Å². The molecule has 2 atom stereocenters. The smallest absolute Gasteiger partial charge is 0.147 e. The van der Waals surface area contributed by atoms with E-state index in [1.165, 1.54) is 0 Å². The van der Waals surface area contributed by atoms with E-state index in [1.54, 1.807) is 20.1 Å². The number of hydrogen-bond donors (Lipinski definition) is 1. The van der Waals surface area contributed by atoms with E-state index in [2.05, 4.69) is 6.58 Å². The largest absolute Gasteiger partial charge is 0.393 e. The lowest BCUT2D eigenvalue weighted by atomic mass is 10.1. The van der Waals surface area contributed by atoms with Crippen molar-refractivity contribution in [2.45, 2.75) is 32.0 Å². The molecule has 0 fully saturated rings. The maximum absolute atomic E-state index is 9.00. The first kappa shape index (κ1) is 11.6. The molecule has 0 radical (unpaired) electrons. The van der Waals surface area contributed by atoms with Gasteiger partial charge in [0, 0.05) is 7.11 Å². The fourth-order valence-corrected chi connectivity index (χ4v) is 0.830. The SMILES string of the molecule is C=C[C@@H](CC[C@@H](C)O)OCOC. The van der Waals surface area contributed by atoms with Gasteiger partial charge in [0.25, 0.3) is 0 Å². The Bertz CT molecular complexity index is 112. The van der Waals surface area contributed by atoms with Crippen LogP contribution in [-0.4, -0.2) is 31.2 Å². The quantitative estimate of drug-likeness (QED) is 0.467. The Morgan fingerprint density at radius 1 is 1.50 bits per heavy atom. The zero-order valence-electron chi connectivity index (χ0n) is 7.82. The Balaban J connectivity index is 3.46. The number of ether oxygens (including phenoxy) is 2. The van der Waals surface area contributed by atoms with Crippen molar-refractivity contribution in [3.63, 3.8) is 0 Å².